The Hall–Kier alpha value is -1.47. The number of fused-ring (bicyclic) bond motifs is 3. The maximum atomic E-state index is 6.28. The Balaban J connectivity index is 1.55. The van der Waals surface area contributed by atoms with Crippen LogP contribution in [-0.4, -0.2) is 26.7 Å². The van der Waals surface area contributed by atoms with Crippen molar-refractivity contribution in [2.75, 3.05) is 7.05 Å². The van der Waals surface area contributed by atoms with Gasteiger partial charge in [-0.15, -0.1) is 22.8 Å². The molecule has 4 rings (SSSR count). The van der Waals surface area contributed by atoms with Gasteiger partial charge in [0.15, 0.2) is 5.82 Å². The molecule has 1 N–H and O–H groups in total. The average Bonchev–Trinajstić information content (AvgIpc) is 3.05. The summed E-state index contributed by atoms with van der Waals surface area (Å²) in [6, 6.07) is 6.11. The van der Waals surface area contributed by atoms with Crippen LogP contribution in [0.3, 0.4) is 0 Å². The van der Waals surface area contributed by atoms with Gasteiger partial charge in [0.1, 0.15) is 5.82 Å². The summed E-state index contributed by atoms with van der Waals surface area (Å²) >= 11 is 16.4. The van der Waals surface area contributed by atoms with E-state index in [2.05, 4.69) is 63.4 Å². The lowest BCUT2D eigenvalue weighted by atomic mass is 9.80. The molecule has 0 unspecified atom stereocenters. The second kappa shape index (κ2) is 8.95. The predicted molar refractivity (Wildman–Crippen MR) is 126 cm³/mol. The number of benzene rings is 1. The number of hydrogen-bond acceptors (Lipinski definition) is 5. The van der Waals surface area contributed by atoms with Gasteiger partial charge in [-0.2, -0.15) is 0 Å². The molecule has 2 aromatic rings. The molecular formula is C22H27Cl2N5S. The van der Waals surface area contributed by atoms with Gasteiger partial charge in [0.05, 0.1) is 16.6 Å². The first-order valence-electron chi connectivity index (χ1n) is 10.3. The van der Waals surface area contributed by atoms with Crippen LogP contribution in [0, 0.1) is 5.92 Å². The van der Waals surface area contributed by atoms with E-state index in [1.165, 1.54) is 5.56 Å². The number of thiol groups is 1. The highest BCUT2D eigenvalue weighted by Gasteiger charge is 2.30. The molecule has 5 nitrogen and oxygen atoms in total. The van der Waals surface area contributed by atoms with E-state index < -0.39 is 0 Å². The van der Waals surface area contributed by atoms with Gasteiger partial charge < -0.3 is 5.32 Å². The molecule has 0 bridgehead atoms. The Morgan fingerprint density at radius 3 is 2.63 bits per heavy atom. The quantitative estimate of drug-likeness (QED) is 0.579. The van der Waals surface area contributed by atoms with Crippen LogP contribution in [-0.2, 0) is 13.1 Å². The molecule has 8 heteroatoms. The number of rotatable bonds is 4. The minimum atomic E-state index is 0.382. The third-order valence-electron chi connectivity index (χ3n) is 6.13. The number of hydrogen-bond donors (Lipinski definition) is 2. The lowest BCUT2D eigenvalue weighted by Crippen LogP contribution is -2.23. The summed E-state index contributed by atoms with van der Waals surface area (Å²) < 4.78 is 2.74. The standard InChI is InChI=1S/C22H27Cl2N5S/c1-13(25-14(2)21(24)30)15-4-6-16(7-5-15)22-27-26-20-12-28(3)11-17-10-18(23)8-9-19(17)29(20)22/h8-10,15-16,25,30H,1,4-7,11-12H2,2-3H3/b21-14-/t15-,16-. The molecule has 1 aromatic carbocycles. The van der Waals surface area contributed by atoms with Crippen LogP contribution < -0.4 is 5.32 Å². The second-order valence-electron chi connectivity index (χ2n) is 8.37. The maximum Gasteiger partial charge on any atom is 0.151 e. The molecule has 1 saturated carbocycles. The number of allylic oxidation sites excluding steroid dienone is 2. The van der Waals surface area contributed by atoms with Gasteiger partial charge in [0.2, 0.25) is 0 Å². The molecule has 2 heterocycles. The molecule has 1 aromatic heterocycles. The van der Waals surface area contributed by atoms with Gasteiger partial charge in [0.25, 0.3) is 0 Å². The van der Waals surface area contributed by atoms with E-state index in [-0.39, 0.29) is 0 Å². The van der Waals surface area contributed by atoms with Crippen molar-refractivity contribution in [3.8, 4) is 5.69 Å². The summed E-state index contributed by atoms with van der Waals surface area (Å²) in [4.78, 5) is 2.25. The van der Waals surface area contributed by atoms with Crippen LogP contribution in [0.15, 0.2) is 40.5 Å². The van der Waals surface area contributed by atoms with E-state index in [0.29, 0.717) is 16.2 Å². The topological polar surface area (TPSA) is 46.0 Å². The van der Waals surface area contributed by atoms with Crippen molar-refractivity contribution >= 4 is 35.8 Å². The Kier molecular flexibility index (Phi) is 6.49. The van der Waals surface area contributed by atoms with Gasteiger partial charge in [-0.1, -0.05) is 29.8 Å². The molecule has 0 atom stereocenters. The van der Waals surface area contributed by atoms with Crippen molar-refractivity contribution in [2.24, 2.45) is 5.92 Å². The summed E-state index contributed by atoms with van der Waals surface area (Å²) in [5.41, 5.74) is 4.22. The zero-order chi connectivity index (χ0) is 21.4. The number of nitrogens with zero attached hydrogens (tertiary/aromatic N) is 4. The first-order valence-corrected chi connectivity index (χ1v) is 11.5. The molecule has 160 valence electrons. The predicted octanol–water partition coefficient (Wildman–Crippen LogP) is 5.60. The van der Waals surface area contributed by atoms with Crippen LogP contribution in [0.5, 0.6) is 0 Å². The minimum absolute atomic E-state index is 0.382. The van der Waals surface area contributed by atoms with Gasteiger partial charge in [-0.3, -0.25) is 9.47 Å². The van der Waals surface area contributed by atoms with E-state index in [4.69, 9.17) is 23.2 Å². The van der Waals surface area contributed by atoms with Crippen LogP contribution in [0.1, 0.15) is 55.7 Å². The van der Waals surface area contributed by atoms with Crippen LogP contribution in [0.4, 0.5) is 0 Å². The Morgan fingerprint density at radius 1 is 1.20 bits per heavy atom. The summed E-state index contributed by atoms with van der Waals surface area (Å²) in [5, 5.41) is 13.3. The summed E-state index contributed by atoms with van der Waals surface area (Å²) in [7, 11) is 2.10. The highest BCUT2D eigenvalue weighted by atomic mass is 35.5. The molecule has 1 aliphatic carbocycles. The second-order valence-corrected chi connectivity index (χ2v) is 9.89. The van der Waals surface area contributed by atoms with E-state index in [1.54, 1.807) is 0 Å². The van der Waals surface area contributed by atoms with Gasteiger partial charge >= 0.3 is 0 Å². The van der Waals surface area contributed by atoms with Crippen molar-refractivity contribution in [2.45, 2.75) is 51.6 Å². The smallest absolute Gasteiger partial charge is 0.151 e. The van der Waals surface area contributed by atoms with E-state index in [0.717, 1.165) is 72.5 Å². The summed E-state index contributed by atoms with van der Waals surface area (Å²) in [6.45, 7) is 7.76. The van der Waals surface area contributed by atoms with Crippen LogP contribution >= 0.6 is 35.8 Å². The molecule has 2 aliphatic rings. The van der Waals surface area contributed by atoms with E-state index >= 15 is 0 Å². The third-order valence-corrected chi connectivity index (χ3v) is 6.99. The fourth-order valence-electron chi connectivity index (χ4n) is 4.54. The highest BCUT2D eigenvalue weighted by Crippen LogP contribution is 2.39. The molecule has 0 spiro atoms. The minimum Gasteiger partial charge on any atom is -0.361 e. The number of aromatic nitrogens is 3. The van der Waals surface area contributed by atoms with Crippen molar-refractivity contribution in [1.29, 1.82) is 0 Å². The first-order chi connectivity index (χ1) is 14.3. The highest BCUT2D eigenvalue weighted by molar-refractivity contribution is 7.86. The largest absolute Gasteiger partial charge is 0.361 e. The SMILES string of the molecule is C=C(N/C(C)=C(\S)Cl)[C@H]1CC[C@H](c2nnc3n2-c2ccc(Cl)cc2CN(C)C3)CC1. The Morgan fingerprint density at radius 2 is 1.93 bits per heavy atom. The van der Waals surface area contributed by atoms with Crippen molar-refractivity contribution in [3.05, 3.63) is 62.8 Å². The van der Waals surface area contributed by atoms with Crippen molar-refractivity contribution < 1.29 is 0 Å². The lowest BCUT2D eigenvalue weighted by molar-refractivity contribution is 0.315. The fourth-order valence-corrected chi connectivity index (χ4v) is 4.84. The molecule has 1 aliphatic heterocycles. The summed E-state index contributed by atoms with van der Waals surface area (Å²) in [5.74, 6) is 2.86. The van der Waals surface area contributed by atoms with E-state index in [9.17, 15) is 0 Å². The lowest BCUT2D eigenvalue weighted by Gasteiger charge is -2.30. The van der Waals surface area contributed by atoms with Crippen molar-refractivity contribution in [1.82, 2.24) is 25.0 Å². The molecular weight excluding hydrogens is 437 g/mol. The summed E-state index contributed by atoms with van der Waals surface area (Å²) in [6.07, 6.45) is 4.23. The van der Waals surface area contributed by atoms with E-state index in [1.807, 2.05) is 13.0 Å². The molecule has 0 radical (unpaired) electrons. The fraction of sp³-hybridized carbons (Fsp3) is 0.455. The maximum absolute atomic E-state index is 6.28. The molecule has 1 fully saturated rings. The molecule has 0 amide bonds. The zero-order valence-corrected chi connectivity index (χ0v) is 19.7. The first kappa shape index (κ1) is 21.8. The zero-order valence-electron chi connectivity index (χ0n) is 17.3. The Bertz CT molecular complexity index is 987. The van der Waals surface area contributed by atoms with Crippen LogP contribution in [0.25, 0.3) is 5.69 Å². The molecule has 0 saturated heterocycles. The van der Waals surface area contributed by atoms with Gasteiger partial charge in [-0.05, 0) is 69.3 Å². The van der Waals surface area contributed by atoms with Crippen LogP contribution in [0.2, 0.25) is 5.02 Å². The normalized spacial score (nSPS) is 22.6. The molecule has 30 heavy (non-hydrogen) atoms. The monoisotopic (exact) mass is 463 g/mol. The Labute approximate surface area is 193 Å². The van der Waals surface area contributed by atoms with Gasteiger partial charge in [-0.25, -0.2) is 0 Å². The number of nitrogens with one attached hydrogen (secondary N) is 1. The number of halogens is 2. The van der Waals surface area contributed by atoms with Gasteiger partial charge in [0, 0.05) is 28.9 Å². The van der Waals surface area contributed by atoms with Crippen molar-refractivity contribution in [3.63, 3.8) is 0 Å². The third kappa shape index (κ3) is 4.42. The average molecular weight is 464 g/mol.